The van der Waals surface area contributed by atoms with Crippen LogP contribution in [0.1, 0.15) is 29.9 Å². The van der Waals surface area contributed by atoms with Crippen molar-refractivity contribution in [1.82, 2.24) is 0 Å². The summed E-state index contributed by atoms with van der Waals surface area (Å²) in [6.45, 7) is 0. The Balaban J connectivity index is 2.23. The molecule has 1 aromatic rings. The van der Waals surface area contributed by atoms with Crippen molar-refractivity contribution in [2.45, 2.75) is 24.9 Å². The van der Waals surface area contributed by atoms with Gasteiger partial charge in [0, 0.05) is 12.8 Å². The fourth-order valence-corrected chi connectivity index (χ4v) is 1.69. The Bertz CT molecular complexity index is 387. The number of hydrogen-bond acceptors (Lipinski definition) is 1. The highest BCUT2D eigenvalue weighted by Gasteiger charge is 2.33. The molecule has 4 heteroatoms. The van der Waals surface area contributed by atoms with Gasteiger partial charge in [-0.3, -0.25) is 4.79 Å². The molecule has 0 aromatic heterocycles. The van der Waals surface area contributed by atoms with Crippen LogP contribution in [-0.2, 0) is 11.0 Å². The molecule has 1 aliphatic rings. The fourth-order valence-electron chi connectivity index (χ4n) is 1.69. The Morgan fingerprint density at radius 1 is 1.20 bits per heavy atom. The molecule has 15 heavy (non-hydrogen) atoms. The van der Waals surface area contributed by atoms with Crippen molar-refractivity contribution >= 4 is 5.78 Å². The first-order chi connectivity index (χ1) is 6.97. The normalized spacial score (nSPS) is 17.7. The minimum absolute atomic E-state index is 0.0141. The molecule has 0 atom stereocenters. The van der Waals surface area contributed by atoms with E-state index in [4.69, 9.17) is 0 Å². The van der Waals surface area contributed by atoms with Gasteiger partial charge in [-0.05, 0) is 17.5 Å². The summed E-state index contributed by atoms with van der Waals surface area (Å²) in [6.07, 6.45) is -3.55. The van der Waals surface area contributed by atoms with Crippen LogP contribution in [0, 0.1) is 0 Å². The molecule has 1 nitrogen and oxygen atoms in total. The molecule has 0 N–H and O–H groups in total. The topological polar surface area (TPSA) is 17.1 Å². The lowest BCUT2D eigenvalue weighted by molar-refractivity contribution is -0.137. The van der Waals surface area contributed by atoms with Gasteiger partial charge in [-0.1, -0.05) is 18.2 Å². The molecule has 0 radical (unpaired) electrons. The van der Waals surface area contributed by atoms with Crippen molar-refractivity contribution in [2.24, 2.45) is 0 Å². The van der Waals surface area contributed by atoms with E-state index in [1.807, 2.05) is 0 Å². The lowest BCUT2D eigenvalue weighted by Gasteiger charge is -2.25. The zero-order valence-electron chi connectivity index (χ0n) is 7.84. The monoisotopic (exact) mass is 214 g/mol. The Labute approximate surface area is 84.9 Å². The SMILES string of the molecule is O=C1CC(c2cccc(C(F)(F)F)c2)C1. The van der Waals surface area contributed by atoms with E-state index in [1.54, 1.807) is 6.07 Å². The van der Waals surface area contributed by atoms with Crippen LogP contribution in [0.3, 0.4) is 0 Å². The zero-order chi connectivity index (χ0) is 11.1. The van der Waals surface area contributed by atoms with Crippen LogP contribution in [0.5, 0.6) is 0 Å². The third-order valence-electron chi connectivity index (χ3n) is 2.63. The molecule has 80 valence electrons. The van der Waals surface area contributed by atoms with Gasteiger partial charge in [0.15, 0.2) is 0 Å². The number of Topliss-reactive ketones (excluding diaryl/α,β-unsaturated/α-hetero) is 1. The number of alkyl halides is 3. The van der Waals surface area contributed by atoms with E-state index in [1.165, 1.54) is 6.07 Å². The van der Waals surface area contributed by atoms with Crippen molar-refractivity contribution in [2.75, 3.05) is 0 Å². The molecule has 1 saturated carbocycles. The maximum atomic E-state index is 12.4. The van der Waals surface area contributed by atoms with Gasteiger partial charge in [-0.25, -0.2) is 0 Å². The van der Waals surface area contributed by atoms with E-state index >= 15 is 0 Å². The molecule has 0 bridgehead atoms. The molecule has 1 aromatic carbocycles. The first-order valence-electron chi connectivity index (χ1n) is 4.65. The Morgan fingerprint density at radius 3 is 2.40 bits per heavy atom. The van der Waals surface area contributed by atoms with Gasteiger partial charge in [0.05, 0.1) is 5.56 Å². The zero-order valence-corrected chi connectivity index (χ0v) is 7.84. The molecule has 0 aliphatic heterocycles. The van der Waals surface area contributed by atoms with Gasteiger partial charge in [-0.2, -0.15) is 13.2 Å². The average molecular weight is 214 g/mol. The average Bonchev–Trinajstić information content (AvgIpc) is 2.12. The largest absolute Gasteiger partial charge is 0.416 e. The maximum Gasteiger partial charge on any atom is 0.416 e. The third-order valence-corrected chi connectivity index (χ3v) is 2.63. The minimum Gasteiger partial charge on any atom is -0.300 e. The summed E-state index contributed by atoms with van der Waals surface area (Å²) in [4.78, 5) is 10.7. The van der Waals surface area contributed by atoms with Crippen LogP contribution in [0.15, 0.2) is 24.3 Å². The highest BCUT2D eigenvalue weighted by molar-refractivity contribution is 5.86. The van der Waals surface area contributed by atoms with E-state index in [0.717, 1.165) is 12.1 Å². The Hall–Kier alpha value is -1.32. The van der Waals surface area contributed by atoms with Gasteiger partial charge < -0.3 is 0 Å². The molecule has 0 saturated heterocycles. The van der Waals surface area contributed by atoms with Crippen LogP contribution >= 0.6 is 0 Å². The van der Waals surface area contributed by atoms with Gasteiger partial charge >= 0.3 is 6.18 Å². The number of ketones is 1. The number of hydrogen-bond donors (Lipinski definition) is 0. The van der Waals surface area contributed by atoms with Crippen molar-refractivity contribution in [3.8, 4) is 0 Å². The first-order valence-corrected chi connectivity index (χ1v) is 4.65. The van der Waals surface area contributed by atoms with E-state index in [2.05, 4.69) is 0 Å². The molecule has 0 amide bonds. The van der Waals surface area contributed by atoms with Crippen LogP contribution in [0.2, 0.25) is 0 Å². The molecule has 1 fully saturated rings. The standard InChI is InChI=1S/C11H9F3O/c12-11(13,14)9-3-1-2-7(4-9)8-5-10(15)6-8/h1-4,8H,5-6H2. The summed E-state index contributed by atoms with van der Waals surface area (Å²) in [5.74, 6) is 0.109. The number of carbonyl (C=O) groups is 1. The molecule has 1 aliphatic carbocycles. The van der Waals surface area contributed by atoms with Crippen molar-refractivity contribution in [1.29, 1.82) is 0 Å². The van der Waals surface area contributed by atoms with Gasteiger partial charge in [0.1, 0.15) is 5.78 Å². The highest BCUT2D eigenvalue weighted by atomic mass is 19.4. The summed E-state index contributed by atoms with van der Waals surface area (Å²) >= 11 is 0. The number of halogens is 3. The number of benzene rings is 1. The first kappa shape index (κ1) is 10.2. The number of rotatable bonds is 1. The fraction of sp³-hybridized carbons (Fsp3) is 0.364. The van der Waals surface area contributed by atoms with Gasteiger partial charge in [0.2, 0.25) is 0 Å². The second kappa shape index (κ2) is 3.36. The van der Waals surface area contributed by atoms with Gasteiger partial charge in [-0.15, -0.1) is 0 Å². The van der Waals surface area contributed by atoms with Crippen LogP contribution in [0.25, 0.3) is 0 Å². The lowest BCUT2D eigenvalue weighted by atomic mass is 9.78. The molecular formula is C11H9F3O. The summed E-state index contributed by atoms with van der Waals surface area (Å²) in [6, 6.07) is 5.22. The van der Waals surface area contributed by atoms with Crippen molar-refractivity contribution < 1.29 is 18.0 Å². The Morgan fingerprint density at radius 2 is 1.87 bits per heavy atom. The maximum absolute atomic E-state index is 12.4. The summed E-state index contributed by atoms with van der Waals surface area (Å²) in [7, 11) is 0. The quantitative estimate of drug-likeness (QED) is 0.701. The molecular weight excluding hydrogens is 205 g/mol. The second-order valence-electron chi connectivity index (χ2n) is 3.77. The van der Waals surface area contributed by atoms with Crippen LogP contribution in [0.4, 0.5) is 13.2 Å². The predicted octanol–water partition coefficient (Wildman–Crippen LogP) is 3.15. The van der Waals surface area contributed by atoms with Crippen LogP contribution < -0.4 is 0 Å². The summed E-state index contributed by atoms with van der Waals surface area (Å²) in [5, 5.41) is 0. The van der Waals surface area contributed by atoms with E-state index < -0.39 is 11.7 Å². The van der Waals surface area contributed by atoms with E-state index in [-0.39, 0.29) is 11.7 Å². The second-order valence-corrected chi connectivity index (χ2v) is 3.77. The van der Waals surface area contributed by atoms with E-state index in [9.17, 15) is 18.0 Å². The number of carbonyl (C=O) groups excluding carboxylic acids is 1. The third kappa shape index (κ3) is 2.03. The summed E-state index contributed by atoms with van der Waals surface area (Å²) < 4.78 is 37.1. The van der Waals surface area contributed by atoms with Crippen molar-refractivity contribution in [3.05, 3.63) is 35.4 Å². The summed E-state index contributed by atoms with van der Waals surface area (Å²) in [5.41, 5.74) is -0.0243. The highest BCUT2D eigenvalue weighted by Crippen LogP contribution is 2.36. The minimum atomic E-state index is -4.30. The Kier molecular flexibility index (Phi) is 2.29. The van der Waals surface area contributed by atoms with Crippen LogP contribution in [-0.4, -0.2) is 5.78 Å². The molecule has 2 rings (SSSR count). The molecule has 0 spiro atoms. The lowest BCUT2D eigenvalue weighted by Crippen LogP contribution is -2.21. The molecule has 0 heterocycles. The van der Waals surface area contributed by atoms with Crippen molar-refractivity contribution in [3.63, 3.8) is 0 Å². The van der Waals surface area contributed by atoms with E-state index in [0.29, 0.717) is 18.4 Å². The smallest absolute Gasteiger partial charge is 0.300 e. The molecule has 0 unspecified atom stereocenters. The predicted molar refractivity (Wildman–Crippen MR) is 48.4 cm³/mol. The van der Waals surface area contributed by atoms with Gasteiger partial charge in [0.25, 0.3) is 0 Å².